The molecule has 0 aliphatic rings. The van der Waals surface area contributed by atoms with Gasteiger partial charge in [0.15, 0.2) is 0 Å². The number of benzene rings is 1. The van der Waals surface area contributed by atoms with Crippen LogP contribution in [-0.2, 0) is 13.5 Å². The van der Waals surface area contributed by atoms with Gasteiger partial charge < -0.3 is 14.8 Å². The molecule has 102 valence electrons. The highest BCUT2D eigenvalue weighted by molar-refractivity contribution is 6.05. The molecule has 0 radical (unpaired) electrons. The van der Waals surface area contributed by atoms with Gasteiger partial charge in [0.05, 0.1) is 11.1 Å². The molecule has 0 atom stereocenters. The van der Waals surface area contributed by atoms with Crippen molar-refractivity contribution in [3.63, 3.8) is 0 Å². The van der Waals surface area contributed by atoms with E-state index < -0.39 is 5.97 Å². The van der Waals surface area contributed by atoms with Gasteiger partial charge in [-0.15, -0.1) is 0 Å². The van der Waals surface area contributed by atoms with Crippen molar-refractivity contribution in [1.29, 1.82) is 0 Å². The van der Waals surface area contributed by atoms with Crippen LogP contribution in [0.15, 0.2) is 12.1 Å². The van der Waals surface area contributed by atoms with E-state index in [0.717, 1.165) is 34.1 Å². The van der Waals surface area contributed by atoms with Crippen molar-refractivity contribution in [2.24, 2.45) is 7.05 Å². The molecular weight excluding hydrogens is 242 g/mol. The topological polar surface area (TPSA) is 62.5 Å². The number of aromatic nitrogens is 1. The fraction of sp³-hybridized carbons (Fsp3) is 0.400. The number of fused-ring (bicyclic) bond motifs is 1. The molecule has 0 spiro atoms. The van der Waals surface area contributed by atoms with Gasteiger partial charge in [0.2, 0.25) is 0 Å². The number of carbonyl (C=O) groups is 1. The van der Waals surface area contributed by atoms with Crippen molar-refractivity contribution in [1.82, 2.24) is 4.57 Å². The summed E-state index contributed by atoms with van der Waals surface area (Å²) in [5, 5.41) is 19.4. The van der Waals surface area contributed by atoms with Gasteiger partial charge in [-0.05, 0) is 37.8 Å². The van der Waals surface area contributed by atoms with Gasteiger partial charge in [0, 0.05) is 24.7 Å². The summed E-state index contributed by atoms with van der Waals surface area (Å²) in [5.41, 5.74) is 4.12. The molecule has 2 rings (SSSR count). The molecule has 0 unspecified atom stereocenters. The zero-order valence-corrected chi connectivity index (χ0v) is 11.5. The summed E-state index contributed by atoms with van der Waals surface area (Å²) in [6.45, 7) is 3.96. The third kappa shape index (κ3) is 2.12. The number of aliphatic hydroxyl groups is 1. The minimum Gasteiger partial charge on any atom is -0.478 e. The Morgan fingerprint density at radius 1 is 1.32 bits per heavy atom. The third-order valence-corrected chi connectivity index (χ3v) is 3.79. The van der Waals surface area contributed by atoms with Crippen LogP contribution in [0.4, 0.5) is 0 Å². The quantitative estimate of drug-likeness (QED) is 0.888. The maximum absolute atomic E-state index is 11.5. The SMILES string of the molecule is Cc1ccc2c(CCCO)c(C)n(C)c2c1C(=O)O. The molecule has 4 nitrogen and oxygen atoms in total. The van der Waals surface area contributed by atoms with Crippen LogP contribution in [0.5, 0.6) is 0 Å². The molecule has 0 saturated heterocycles. The minimum atomic E-state index is -0.891. The molecular formula is C15H19NO3. The van der Waals surface area contributed by atoms with E-state index in [-0.39, 0.29) is 6.61 Å². The number of hydrogen-bond acceptors (Lipinski definition) is 2. The lowest BCUT2D eigenvalue weighted by Gasteiger charge is -2.06. The van der Waals surface area contributed by atoms with E-state index in [1.807, 2.05) is 37.6 Å². The first-order chi connectivity index (χ1) is 8.99. The molecule has 1 aromatic carbocycles. The molecule has 0 bridgehead atoms. The molecule has 1 aromatic heterocycles. The average molecular weight is 261 g/mol. The number of aliphatic hydroxyl groups excluding tert-OH is 1. The summed E-state index contributed by atoms with van der Waals surface area (Å²) in [6.07, 6.45) is 1.46. The van der Waals surface area contributed by atoms with Crippen molar-refractivity contribution in [3.05, 3.63) is 34.5 Å². The maximum atomic E-state index is 11.5. The molecule has 0 fully saturated rings. The van der Waals surface area contributed by atoms with Crippen molar-refractivity contribution >= 4 is 16.9 Å². The lowest BCUT2D eigenvalue weighted by Crippen LogP contribution is -2.04. The van der Waals surface area contributed by atoms with Crippen LogP contribution in [0.2, 0.25) is 0 Å². The van der Waals surface area contributed by atoms with Crippen LogP contribution in [-0.4, -0.2) is 27.4 Å². The molecule has 2 N–H and O–H groups in total. The number of carboxylic acids is 1. The van der Waals surface area contributed by atoms with Crippen molar-refractivity contribution < 1.29 is 15.0 Å². The van der Waals surface area contributed by atoms with Gasteiger partial charge in [-0.1, -0.05) is 12.1 Å². The third-order valence-electron chi connectivity index (χ3n) is 3.79. The number of nitrogens with zero attached hydrogens (tertiary/aromatic N) is 1. The second-order valence-corrected chi connectivity index (χ2v) is 4.91. The maximum Gasteiger partial charge on any atom is 0.338 e. The van der Waals surface area contributed by atoms with Crippen molar-refractivity contribution in [2.75, 3.05) is 6.61 Å². The smallest absolute Gasteiger partial charge is 0.338 e. The summed E-state index contributed by atoms with van der Waals surface area (Å²) >= 11 is 0. The molecule has 0 aliphatic carbocycles. The average Bonchev–Trinajstić information content (AvgIpc) is 2.60. The second kappa shape index (κ2) is 5.05. The lowest BCUT2D eigenvalue weighted by atomic mass is 10.0. The van der Waals surface area contributed by atoms with Crippen molar-refractivity contribution in [2.45, 2.75) is 26.7 Å². The number of rotatable bonds is 4. The van der Waals surface area contributed by atoms with Gasteiger partial charge in [0.25, 0.3) is 0 Å². The first kappa shape index (κ1) is 13.6. The molecule has 4 heteroatoms. The van der Waals surface area contributed by atoms with Gasteiger partial charge in [-0.2, -0.15) is 0 Å². The summed E-state index contributed by atoms with van der Waals surface area (Å²) in [7, 11) is 1.89. The summed E-state index contributed by atoms with van der Waals surface area (Å²) in [6, 6.07) is 3.84. The predicted octanol–water partition coefficient (Wildman–Crippen LogP) is 2.42. The zero-order chi connectivity index (χ0) is 14.2. The van der Waals surface area contributed by atoms with Gasteiger partial charge in [-0.3, -0.25) is 0 Å². The van der Waals surface area contributed by atoms with E-state index in [2.05, 4.69) is 0 Å². The standard InChI is InChI=1S/C15H19NO3/c1-9-6-7-12-11(5-4-8-17)10(2)16(3)14(12)13(9)15(18)19/h6-7,17H,4-5,8H2,1-3H3,(H,18,19). The normalized spacial score (nSPS) is 11.2. The van der Waals surface area contributed by atoms with Crippen molar-refractivity contribution in [3.8, 4) is 0 Å². The van der Waals surface area contributed by atoms with E-state index in [1.54, 1.807) is 0 Å². The second-order valence-electron chi connectivity index (χ2n) is 4.91. The molecule has 19 heavy (non-hydrogen) atoms. The Hall–Kier alpha value is -1.81. The van der Waals surface area contributed by atoms with E-state index in [9.17, 15) is 9.90 Å². The minimum absolute atomic E-state index is 0.146. The lowest BCUT2D eigenvalue weighted by molar-refractivity contribution is 0.0698. The molecule has 0 saturated carbocycles. The number of carboxylic acid groups (broad SMARTS) is 1. The van der Waals surface area contributed by atoms with Crippen LogP contribution >= 0.6 is 0 Å². The van der Waals surface area contributed by atoms with E-state index in [4.69, 9.17) is 5.11 Å². The zero-order valence-electron chi connectivity index (χ0n) is 11.5. The van der Waals surface area contributed by atoms with Crippen LogP contribution in [0.3, 0.4) is 0 Å². The first-order valence-corrected chi connectivity index (χ1v) is 6.40. The van der Waals surface area contributed by atoms with E-state index in [1.165, 1.54) is 0 Å². The highest BCUT2D eigenvalue weighted by atomic mass is 16.4. The Balaban J connectivity index is 2.78. The molecule has 2 aromatic rings. The van der Waals surface area contributed by atoms with Gasteiger partial charge >= 0.3 is 5.97 Å². The first-order valence-electron chi connectivity index (χ1n) is 6.40. The van der Waals surface area contributed by atoms with Gasteiger partial charge in [0.1, 0.15) is 0 Å². The fourth-order valence-electron chi connectivity index (χ4n) is 2.69. The van der Waals surface area contributed by atoms with Gasteiger partial charge in [-0.25, -0.2) is 4.79 Å². The summed E-state index contributed by atoms with van der Waals surface area (Å²) in [5.74, 6) is -0.891. The Bertz CT molecular complexity index is 641. The highest BCUT2D eigenvalue weighted by Crippen LogP contribution is 2.30. The Morgan fingerprint density at radius 2 is 2.00 bits per heavy atom. The number of aromatic carboxylic acids is 1. The molecule has 1 heterocycles. The molecule has 0 aliphatic heterocycles. The molecule has 0 amide bonds. The van der Waals surface area contributed by atoms with Crippen LogP contribution in [0.1, 0.15) is 33.6 Å². The summed E-state index contributed by atoms with van der Waals surface area (Å²) in [4.78, 5) is 11.5. The fourth-order valence-corrected chi connectivity index (χ4v) is 2.69. The van der Waals surface area contributed by atoms with Crippen LogP contribution in [0.25, 0.3) is 10.9 Å². The van der Waals surface area contributed by atoms with Crippen LogP contribution < -0.4 is 0 Å². The number of aryl methyl sites for hydroxylation is 3. The van der Waals surface area contributed by atoms with Crippen LogP contribution in [0, 0.1) is 13.8 Å². The highest BCUT2D eigenvalue weighted by Gasteiger charge is 2.19. The largest absolute Gasteiger partial charge is 0.478 e. The van der Waals surface area contributed by atoms with E-state index in [0.29, 0.717) is 12.0 Å². The Morgan fingerprint density at radius 3 is 2.58 bits per heavy atom. The Kier molecular flexibility index (Phi) is 3.62. The Labute approximate surface area is 112 Å². The monoisotopic (exact) mass is 261 g/mol. The predicted molar refractivity (Wildman–Crippen MR) is 74.8 cm³/mol. The van der Waals surface area contributed by atoms with E-state index >= 15 is 0 Å². The number of hydrogen-bond donors (Lipinski definition) is 2. The summed E-state index contributed by atoms with van der Waals surface area (Å²) < 4.78 is 1.94.